The lowest BCUT2D eigenvalue weighted by Crippen LogP contribution is -1.99. The first kappa shape index (κ1) is 23.6. The third kappa shape index (κ3) is 4.59. The van der Waals surface area contributed by atoms with E-state index in [9.17, 15) is 0 Å². The van der Waals surface area contributed by atoms with Gasteiger partial charge in [0.1, 0.15) is 0 Å². The molecule has 1 aliphatic rings. The largest absolute Gasteiger partial charge is 0.0654 e. The second-order valence-electron chi connectivity index (χ2n) is 10.5. The van der Waals surface area contributed by atoms with E-state index in [0.717, 1.165) is 6.42 Å². The van der Waals surface area contributed by atoms with E-state index < -0.39 is 0 Å². The minimum Gasteiger partial charge on any atom is -0.0654 e. The summed E-state index contributed by atoms with van der Waals surface area (Å²) in [6.07, 6.45) is 5.88. The lowest BCUT2D eigenvalue weighted by atomic mass is 9.84. The fraction of sp³-hybridized carbons (Fsp3) is 0.314. The normalized spacial score (nSPS) is 13.8. The summed E-state index contributed by atoms with van der Waals surface area (Å²) < 4.78 is 0. The highest BCUT2D eigenvalue weighted by molar-refractivity contribution is 5.85. The lowest BCUT2D eigenvalue weighted by Gasteiger charge is -2.20. The van der Waals surface area contributed by atoms with Gasteiger partial charge < -0.3 is 0 Å². The van der Waals surface area contributed by atoms with Gasteiger partial charge in [-0.15, -0.1) is 0 Å². The molecule has 2 atom stereocenters. The molecular weight excluding hydrogens is 420 g/mol. The monoisotopic (exact) mass is 458 g/mol. The van der Waals surface area contributed by atoms with Crippen LogP contribution in [0.25, 0.3) is 33.4 Å². The number of hydrogen-bond acceptors (Lipinski definition) is 0. The van der Waals surface area contributed by atoms with E-state index >= 15 is 0 Å². The molecule has 1 aliphatic carbocycles. The van der Waals surface area contributed by atoms with Crippen molar-refractivity contribution in [2.24, 2.45) is 0 Å². The van der Waals surface area contributed by atoms with Gasteiger partial charge in [0.05, 0.1) is 0 Å². The Hall–Kier alpha value is -3.12. The van der Waals surface area contributed by atoms with Crippen molar-refractivity contribution in [3.63, 3.8) is 0 Å². The average Bonchev–Trinajstić information content (AvgIpc) is 3.25. The van der Waals surface area contributed by atoms with E-state index in [1.54, 1.807) is 0 Å². The van der Waals surface area contributed by atoms with Gasteiger partial charge in [0.25, 0.3) is 0 Å². The van der Waals surface area contributed by atoms with Crippen LogP contribution >= 0.6 is 0 Å². The molecule has 0 saturated carbocycles. The smallest absolute Gasteiger partial charge is 0.00130 e. The van der Waals surface area contributed by atoms with Crippen LogP contribution in [0.1, 0.15) is 87.5 Å². The molecule has 5 rings (SSSR count). The van der Waals surface area contributed by atoms with Crippen molar-refractivity contribution in [2.75, 3.05) is 0 Å². The van der Waals surface area contributed by atoms with Crippen molar-refractivity contribution in [3.05, 3.63) is 107 Å². The quantitative estimate of drug-likeness (QED) is 0.217. The van der Waals surface area contributed by atoms with Crippen LogP contribution in [0.15, 0.2) is 84.9 Å². The van der Waals surface area contributed by atoms with Gasteiger partial charge in [-0.3, -0.25) is 0 Å². The molecule has 0 N–H and O–H groups in total. The molecule has 0 radical (unpaired) electrons. The van der Waals surface area contributed by atoms with Crippen molar-refractivity contribution in [1.82, 2.24) is 0 Å². The molecule has 178 valence electrons. The summed E-state index contributed by atoms with van der Waals surface area (Å²) in [6, 6.07) is 32.1. The first-order valence-corrected chi connectivity index (χ1v) is 13.6. The predicted molar refractivity (Wildman–Crippen MR) is 152 cm³/mol. The van der Waals surface area contributed by atoms with E-state index in [2.05, 4.69) is 113 Å². The SMILES string of the molecule is CCCC(C)c1cc2c(cc1-c1ccccc1)Cc1cc(-c3ccccc3)c(C(C)CCC)cc1-2. The van der Waals surface area contributed by atoms with Crippen LogP contribution in [0, 0.1) is 0 Å². The van der Waals surface area contributed by atoms with Gasteiger partial charge in [0.2, 0.25) is 0 Å². The summed E-state index contributed by atoms with van der Waals surface area (Å²) in [4.78, 5) is 0. The number of hydrogen-bond donors (Lipinski definition) is 0. The number of fused-ring (bicyclic) bond motifs is 3. The van der Waals surface area contributed by atoms with Gasteiger partial charge >= 0.3 is 0 Å². The zero-order chi connectivity index (χ0) is 24.4. The third-order valence-electron chi connectivity index (χ3n) is 7.90. The van der Waals surface area contributed by atoms with E-state index in [-0.39, 0.29) is 0 Å². The fourth-order valence-electron chi connectivity index (χ4n) is 6.05. The lowest BCUT2D eigenvalue weighted by molar-refractivity contribution is 0.665. The van der Waals surface area contributed by atoms with Gasteiger partial charge in [-0.1, -0.05) is 101 Å². The second kappa shape index (κ2) is 10.2. The molecule has 0 aliphatic heterocycles. The number of rotatable bonds is 8. The minimum atomic E-state index is 0.548. The predicted octanol–water partition coefficient (Wildman–Crippen LogP) is 10.4. The van der Waals surface area contributed by atoms with Gasteiger partial charge in [0.15, 0.2) is 0 Å². The molecule has 0 amide bonds. The van der Waals surface area contributed by atoms with Crippen molar-refractivity contribution >= 4 is 0 Å². The summed E-state index contributed by atoms with van der Waals surface area (Å²) in [5.41, 5.74) is 14.4. The molecular formula is C35H38. The zero-order valence-corrected chi connectivity index (χ0v) is 21.8. The van der Waals surface area contributed by atoms with Gasteiger partial charge in [-0.2, -0.15) is 0 Å². The fourth-order valence-corrected chi connectivity index (χ4v) is 6.05. The summed E-state index contributed by atoms with van der Waals surface area (Å²) in [7, 11) is 0. The molecule has 4 aromatic carbocycles. The van der Waals surface area contributed by atoms with Crippen LogP contribution in [-0.2, 0) is 6.42 Å². The molecule has 0 saturated heterocycles. The Balaban J connectivity index is 1.68. The highest BCUT2D eigenvalue weighted by Gasteiger charge is 2.25. The van der Waals surface area contributed by atoms with Gasteiger partial charge in [-0.05, 0) is 111 Å². The molecule has 2 unspecified atom stereocenters. The maximum absolute atomic E-state index is 2.54. The molecule has 0 bridgehead atoms. The molecule has 4 aromatic rings. The molecule has 0 nitrogen and oxygen atoms in total. The van der Waals surface area contributed by atoms with Crippen LogP contribution in [0.4, 0.5) is 0 Å². The Morgan fingerprint density at radius 3 is 1.31 bits per heavy atom. The van der Waals surface area contributed by atoms with Crippen molar-refractivity contribution in [1.29, 1.82) is 0 Å². The third-order valence-corrected chi connectivity index (χ3v) is 7.90. The van der Waals surface area contributed by atoms with Crippen LogP contribution in [-0.4, -0.2) is 0 Å². The van der Waals surface area contributed by atoms with E-state index in [1.165, 1.54) is 81.3 Å². The topological polar surface area (TPSA) is 0 Å². The van der Waals surface area contributed by atoms with Gasteiger partial charge in [-0.25, -0.2) is 0 Å². The summed E-state index contributed by atoms with van der Waals surface area (Å²) in [5, 5.41) is 0. The second-order valence-corrected chi connectivity index (χ2v) is 10.5. The molecule has 0 spiro atoms. The maximum atomic E-state index is 2.54. The summed E-state index contributed by atoms with van der Waals surface area (Å²) >= 11 is 0. The average molecular weight is 459 g/mol. The van der Waals surface area contributed by atoms with Crippen molar-refractivity contribution in [2.45, 2.75) is 71.6 Å². The zero-order valence-electron chi connectivity index (χ0n) is 21.8. The standard InChI is InChI=1S/C35H38/c1-5-13-24(3)30-22-34-28(20-32(30)26-15-9-7-10-16-26)19-29-21-33(27-17-11-8-12-18-27)31(23-35(29)34)25(4)14-6-2/h7-12,15-18,20-25H,5-6,13-14,19H2,1-4H3. The Kier molecular flexibility index (Phi) is 6.91. The Morgan fingerprint density at radius 1 is 0.543 bits per heavy atom. The van der Waals surface area contributed by atoms with E-state index in [4.69, 9.17) is 0 Å². The molecule has 35 heavy (non-hydrogen) atoms. The molecule has 0 aromatic heterocycles. The maximum Gasteiger partial charge on any atom is -0.00130 e. The molecule has 0 fully saturated rings. The summed E-state index contributed by atoms with van der Waals surface area (Å²) in [5.74, 6) is 1.10. The van der Waals surface area contributed by atoms with Crippen molar-refractivity contribution in [3.8, 4) is 33.4 Å². The summed E-state index contributed by atoms with van der Waals surface area (Å²) in [6.45, 7) is 9.41. The Labute approximate surface area is 212 Å². The van der Waals surface area contributed by atoms with Gasteiger partial charge in [0, 0.05) is 0 Å². The molecule has 0 heterocycles. The van der Waals surface area contributed by atoms with Crippen LogP contribution < -0.4 is 0 Å². The van der Waals surface area contributed by atoms with Crippen LogP contribution in [0.3, 0.4) is 0 Å². The highest BCUT2D eigenvalue weighted by atomic mass is 14.3. The molecule has 0 heteroatoms. The van der Waals surface area contributed by atoms with Crippen LogP contribution in [0.2, 0.25) is 0 Å². The number of benzene rings is 4. The Morgan fingerprint density at radius 2 is 0.943 bits per heavy atom. The van der Waals surface area contributed by atoms with Crippen molar-refractivity contribution < 1.29 is 0 Å². The first-order valence-electron chi connectivity index (χ1n) is 13.6. The minimum absolute atomic E-state index is 0.548. The van der Waals surface area contributed by atoms with E-state index in [0.29, 0.717) is 11.8 Å². The Bertz CT molecular complexity index is 1190. The highest BCUT2D eigenvalue weighted by Crippen LogP contribution is 2.46. The van der Waals surface area contributed by atoms with E-state index in [1.807, 2.05) is 0 Å². The first-order chi connectivity index (χ1) is 17.1. The van der Waals surface area contributed by atoms with Crippen LogP contribution in [0.5, 0.6) is 0 Å².